The Labute approximate surface area is 139 Å². The lowest BCUT2D eigenvalue weighted by Crippen LogP contribution is -2.34. The topological polar surface area (TPSA) is 102 Å². The van der Waals surface area contributed by atoms with E-state index < -0.39 is 17.9 Å². The van der Waals surface area contributed by atoms with Crippen molar-refractivity contribution < 1.29 is 14.7 Å². The second kappa shape index (κ2) is 9.54. The van der Waals surface area contributed by atoms with Gasteiger partial charge in [0.25, 0.3) is 5.91 Å². The van der Waals surface area contributed by atoms with Crippen LogP contribution in [0.15, 0.2) is 36.0 Å². The number of aryl methyl sites for hydroxylation is 1. The molecule has 1 amide bonds. The first kappa shape index (κ1) is 18.6. The Bertz CT molecular complexity index is 638. The summed E-state index contributed by atoms with van der Waals surface area (Å²) >= 11 is 1.53. The predicted octanol–water partition coefficient (Wildman–Crippen LogP) is 2.14. The molecule has 0 aliphatic carbocycles. The average molecular weight is 333 g/mol. The highest BCUT2D eigenvalue weighted by atomic mass is 32.2. The van der Waals surface area contributed by atoms with Gasteiger partial charge in [0.15, 0.2) is 0 Å². The van der Waals surface area contributed by atoms with Crippen LogP contribution in [0.3, 0.4) is 0 Å². The smallest absolute Gasteiger partial charge is 0.326 e. The number of carboxylic acid groups (broad SMARTS) is 1. The van der Waals surface area contributed by atoms with E-state index in [1.54, 1.807) is 24.3 Å². The zero-order valence-corrected chi connectivity index (χ0v) is 13.8. The lowest BCUT2D eigenvalue weighted by Gasteiger charge is -2.12. The van der Waals surface area contributed by atoms with Crippen molar-refractivity contribution in [1.29, 1.82) is 5.26 Å². The first-order chi connectivity index (χ1) is 11.0. The summed E-state index contributed by atoms with van der Waals surface area (Å²) in [5, 5.41) is 23.4. The molecular formula is C16H19N3O3S. The van der Waals surface area contributed by atoms with E-state index in [4.69, 9.17) is 10.4 Å². The van der Waals surface area contributed by atoms with Crippen LogP contribution < -0.4 is 10.6 Å². The molecule has 1 rings (SSSR count). The number of nitrogens with one attached hydrogen (secondary N) is 2. The Hall–Kier alpha value is -2.46. The number of rotatable bonds is 8. The van der Waals surface area contributed by atoms with Crippen molar-refractivity contribution in [3.63, 3.8) is 0 Å². The highest BCUT2D eigenvalue weighted by Gasteiger charge is 2.16. The van der Waals surface area contributed by atoms with Crippen LogP contribution in [-0.2, 0) is 9.59 Å². The zero-order chi connectivity index (χ0) is 17.2. The largest absolute Gasteiger partial charge is 0.480 e. The van der Waals surface area contributed by atoms with Gasteiger partial charge in [0.1, 0.15) is 17.7 Å². The summed E-state index contributed by atoms with van der Waals surface area (Å²) in [4.78, 5) is 23.2. The van der Waals surface area contributed by atoms with E-state index in [9.17, 15) is 9.59 Å². The third-order valence-electron chi connectivity index (χ3n) is 2.98. The maximum Gasteiger partial charge on any atom is 0.326 e. The highest BCUT2D eigenvalue weighted by Crippen LogP contribution is 2.11. The van der Waals surface area contributed by atoms with Crippen molar-refractivity contribution in [3.8, 4) is 6.07 Å². The molecule has 1 unspecified atom stereocenters. The normalized spacial score (nSPS) is 12.1. The summed E-state index contributed by atoms with van der Waals surface area (Å²) < 4.78 is 0. The summed E-state index contributed by atoms with van der Waals surface area (Å²) in [6.07, 6.45) is 3.43. The van der Waals surface area contributed by atoms with Crippen LogP contribution >= 0.6 is 11.8 Å². The Kier molecular flexibility index (Phi) is 7.71. The third-order valence-corrected chi connectivity index (χ3v) is 3.62. The van der Waals surface area contributed by atoms with E-state index in [1.807, 2.05) is 19.2 Å². The summed E-state index contributed by atoms with van der Waals surface area (Å²) in [5.41, 5.74) is 1.38. The fourth-order valence-corrected chi connectivity index (χ4v) is 2.24. The zero-order valence-electron chi connectivity index (χ0n) is 13.0. The maximum absolute atomic E-state index is 12.1. The Morgan fingerprint density at radius 3 is 2.78 bits per heavy atom. The van der Waals surface area contributed by atoms with Crippen molar-refractivity contribution in [3.05, 3.63) is 41.6 Å². The van der Waals surface area contributed by atoms with E-state index in [0.717, 1.165) is 11.8 Å². The van der Waals surface area contributed by atoms with Crippen LogP contribution in [0.25, 0.3) is 0 Å². The van der Waals surface area contributed by atoms with Crippen molar-refractivity contribution in [2.75, 3.05) is 17.3 Å². The lowest BCUT2D eigenvalue weighted by atomic mass is 10.2. The maximum atomic E-state index is 12.1. The number of hydrogen-bond donors (Lipinski definition) is 3. The van der Waals surface area contributed by atoms with Gasteiger partial charge in [-0.2, -0.15) is 17.0 Å². The summed E-state index contributed by atoms with van der Waals surface area (Å²) in [6, 6.07) is 8.11. The van der Waals surface area contributed by atoms with Gasteiger partial charge in [0, 0.05) is 11.9 Å². The van der Waals surface area contributed by atoms with Gasteiger partial charge in [0.05, 0.1) is 0 Å². The SMILES string of the molecule is CSCCC(N/C=C(/C#N)C(=O)Nc1cccc(C)c1)C(=O)O. The molecule has 0 heterocycles. The Morgan fingerprint density at radius 2 is 2.22 bits per heavy atom. The molecule has 1 aromatic carbocycles. The van der Waals surface area contributed by atoms with Crippen LogP contribution in [0.5, 0.6) is 0 Å². The van der Waals surface area contributed by atoms with Gasteiger partial charge in [-0.05, 0) is 43.0 Å². The number of carboxylic acids is 1. The number of hydrogen-bond acceptors (Lipinski definition) is 5. The van der Waals surface area contributed by atoms with Gasteiger partial charge in [0.2, 0.25) is 0 Å². The minimum atomic E-state index is -1.02. The minimum Gasteiger partial charge on any atom is -0.480 e. The Morgan fingerprint density at radius 1 is 1.48 bits per heavy atom. The highest BCUT2D eigenvalue weighted by molar-refractivity contribution is 7.98. The molecule has 122 valence electrons. The summed E-state index contributed by atoms with van der Waals surface area (Å²) in [6.45, 7) is 1.89. The van der Waals surface area contributed by atoms with Crippen molar-refractivity contribution >= 4 is 29.3 Å². The number of carbonyl (C=O) groups excluding carboxylic acids is 1. The molecule has 0 aliphatic rings. The number of thioether (sulfide) groups is 1. The molecule has 23 heavy (non-hydrogen) atoms. The van der Waals surface area contributed by atoms with Crippen LogP contribution in [0.4, 0.5) is 5.69 Å². The monoisotopic (exact) mass is 333 g/mol. The van der Waals surface area contributed by atoms with Crippen LogP contribution in [0, 0.1) is 18.3 Å². The van der Waals surface area contributed by atoms with Gasteiger partial charge in [-0.15, -0.1) is 0 Å². The van der Waals surface area contributed by atoms with E-state index >= 15 is 0 Å². The summed E-state index contributed by atoms with van der Waals surface area (Å²) in [5.74, 6) is -0.943. The van der Waals surface area contributed by atoms with Crippen molar-refractivity contribution in [2.24, 2.45) is 0 Å². The Balaban J connectivity index is 2.75. The van der Waals surface area contributed by atoms with Gasteiger partial charge in [-0.1, -0.05) is 12.1 Å². The molecule has 0 aliphatic heterocycles. The van der Waals surface area contributed by atoms with E-state index in [-0.39, 0.29) is 5.57 Å². The number of aliphatic carboxylic acids is 1. The molecule has 7 heteroatoms. The third kappa shape index (κ3) is 6.45. The molecule has 0 spiro atoms. The number of benzene rings is 1. The van der Waals surface area contributed by atoms with Crippen molar-refractivity contribution in [1.82, 2.24) is 5.32 Å². The summed E-state index contributed by atoms with van der Waals surface area (Å²) in [7, 11) is 0. The standard InChI is InChI=1S/C16H19N3O3S/c1-11-4-3-5-13(8-11)19-15(20)12(9-17)10-18-14(16(21)22)6-7-23-2/h3-5,8,10,14,18H,6-7H2,1-2H3,(H,19,20)(H,21,22)/b12-10-. The van der Waals surface area contributed by atoms with Gasteiger partial charge in [-0.3, -0.25) is 4.79 Å². The van der Waals surface area contributed by atoms with Crippen LogP contribution in [0.2, 0.25) is 0 Å². The quantitative estimate of drug-likeness (QED) is 0.497. The second-order valence-electron chi connectivity index (χ2n) is 4.83. The molecule has 0 radical (unpaired) electrons. The second-order valence-corrected chi connectivity index (χ2v) is 5.82. The van der Waals surface area contributed by atoms with Crippen LogP contribution in [0.1, 0.15) is 12.0 Å². The number of anilines is 1. The van der Waals surface area contributed by atoms with E-state index in [1.165, 1.54) is 11.8 Å². The fourth-order valence-electron chi connectivity index (χ4n) is 1.77. The molecule has 3 N–H and O–H groups in total. The first-order valence-electron chi connectivity index (χ1n) is 6.94. The fraction of sp³-hybridized carbons (Fsp3) is 0.312. The molecule has 0 saturated heterocycles. The van der Waals surface area contributed by atoms with Crippen molar-refractivity contribution in [2.45, 2.75) is 19.4 Å². The van der Waals surface area contributed by atoms with Crippen LogP contribution in [-0.4, -0.2) is 35.0 Å². The predicted molar refractivity (Wildman–Crippen MR) is 91.1 cm³/mol. The number of amides is 1. The first-order valence-corrected chi connectivity index (χ1v) is 8.33. The van der Waals surface area contributed by atoms with Gasteiger partial charge < -0.3 is 15.7 Å². The number of nitriles is 1. The van der Waals surface area contributed by atoms with Gasteiger partial charge in [-0.25, -0.2) is 4.79 Å². The molecular weight excluding hydrogens is 314 g/mol. The average Bonchev–Trinajstić information content (AvgIpc) is 2.50. The van der Waals surface area contributed by atoms with Gasteiger partial charge >= 0.3 is 5.97 Å². The minimum absolute atomic E-state index is 0.179. The molecule has 1 aromatic rings. The molecule has 0 aromatic heterocycles. The van der Waals surface area contributed by atoms with E-state index in [0.29, 0.717) is 17.9 Å². The molecule has 0 fully saturated rings. The van der Waals surface area contributed by atoms with E-state index in [2.05, 4.69) is 10.6 Å². The lowest BCUT2D eigenvalue weighted by molar-refractivity contribution is -0.139. The molecule has 0 bridgehead atoms. The molecule has 0 saturated carbocycles. The number of carbonyl (C=O) groups is 2. The number of nitrogens with zero attached hydrogens (tertiary/aromatic N) is 1. The molecule has 6 nitrogen and oxygen atoms in total. The molecule has 1 atom stereocenters.